The zero-order valence-electron chi connectivity index (χ0n) is 22.5. The molecule has 1 heterocycles. The number of carbonyl (C=O) groups is 4. The summed E-state index contributed by atoms with van der Waals surface area (Å²) < 4.78 is 5.50. The van der Waals surface area contributed by atoms with E-state index in [0.29, 0.717) is 25.9 Å². The van der Waals surface area contributed by atoms with Gasteiger partial charge < -0.3 is 25.4 Å². The third-order valence-corrected chi connectivity index (χ3v) is 6.50. The van der Waals surface area contributed by atoms with Gasteiger partial charge in [0.15, 0.2) is 0 Å². The van der Waals surface area contributed by atoms with Crippen molar-refractivity contribution in [3.8, 4) is 0 Å². The van der Waals surface area contributed by atoms with Crippen LogP contribution in [-0.4, -0.2) is 64.7 Å². The number of hydrogen-bond acceptors (Lipinski definition) is 5. The fourth-order valence-corrected chi connectivity index (χ4v) is 4.37. The number of amides is 3. The molecule has 0 radical (unpaired) electrons. The molecule has 1 aromatic rings. The van der Waals surface area contributed by atoms with Crippen LogP contribution >= 0.6 is 0 Å². The molecule has 1 saturated heterocycles. The molecule has 1 aromatic carbocycles. The van der Waals surface area contributed by atoms with Gasteiger partial charge in [0.1, 0.15) is 17.7 Å². The maximum atomic E-state index is 13.9. The summed E-state index contributed by atoms with van der Waals surface area (Å²) in [6.07, 6.45) is 0.300. The molecule has 0 unspecified atom stereocenters. The Kier molecular flexibility index (Phi) is 9.51. The Morgan fingerprint density at radius 2 is 1.44 bits per heavy atom. The minimum absolute atomic E-state index is 0.273. The van der Waals surface area contributed by atoms with E-state index in [1.54, 1.807) is 32.6 Å². The Morgan fingerprint density at radius 3 is 1.89 bits per heavy atom. The average Bonchev–Trinajstić information content (AvgIpc) is 2.79. The SMILES string of the molecule is CC(C)[C@H](NC(=O)C1(c2ccccc2)CCN(C(=O)OC(C)(C)C)CC1)C(=O)N[C@@H](C(=O)O)C(C)C. The van der Waals surface area contributed by atoms with Gasteiger partial charge in [0.2, 0.25) is 11.8 Å². The van der Waals surface area contributed by atoms with Gasteiger partial charge in [0, 0.05) is 13.1 Å². The second-order valence-electron chi connectivity index (χ2n) is 11.2. The molecule has 0 aliphatic carbocycles. The molecule has 9 nitrogen and oxygen atoms in total. The number of carbonyl (C=O) groups excluding carboxylic acids is 3. The fourth-order valence-electron chi connectivity index (χ4n) is 4.37. The lowest BCUT2D eigenvalue weighted by molar-refractivity contribution is -0.144. The molecular formula is C27H41N3O6. The minimum Gasteiger partial charge on any atom is -0.480 e. The zero-order valence-corrected chi connectivity index (χ0v) is 22.5. The van der Waals surface area contributed by atoms with Crippen LogP contribution in [0.5, 0.6) is 0 Å². The Morgan fingerprint density at radius 1 is 0.917 bits per heavy atom. The van der Waals surface area contributed by atoms with Crippen molar-refractivity contribution in [3.63, 3.8) is 0 Å². The highest BCUT2D eigenvalue weighted by molar-refractivity contribution is 5.94. The summed E-state index contributed by atoms with van der Waals surface area (Å²) in [6, 6.07) is 7.37. The molecule has 1 aliphatic heterocycles. The topological polar surface area (TPSA) is 125 Å². The standard InChI is InChI=1S/C27H41N3O6/c1-17(2)20(22(31)28-21(18(3)4)23(32)33)29-24(34)27(19-11-9-8-10-12-19)13-15-30(16-14-27)25(35)36-26(5,6)7/h8-12,17-18,20-21H,13-16H2,1-7H3,(H,28,31)(H,29,34)(H,32,33)/t20-,21+/m0/s1. The Balaban J connectivity index is 2.28. The van der Waals surface area contributed by atoms with Gasteiger partial charge in [-0.3, -0.25) is 9.59 Å². The highest BCUT2D eigenvalue weighted by atomic mass is 16.6. The summed E-state index contributed by atoms with van der Waals surface area (Å²) in [5.74, 6) is -2.56. The molecule has 3 N–H and O–H groups in total. The van der Waals surface area contributed by atoms with E-state index in [1.807, 2.05) is 51.1 Å². The highest BCUT2D eigenvalue weighted by Gasteiger charge is 2.45. The van der Waals surface area contributed by atoms with Crippen molar-refractivity contribution >= 4 is 23.9 Å². The smallest absolute Gasteiger partial charge is 0.410 e. The lowest BCUT2D eigenvalue weighted by Crippen LogP contribution is -2.60. The second-order valence-corrected chi connectivity index (χ2v) is 11.2. The number of carboxylic acid groups (broad SMARTS) is 1. The molecule has 2 rings (SSSR count). The van der Waals surface area contributed by atoms with Crippen LogP contribution in [0.15, 0.2) is 30.3 Å². The zero-order chi connectivity index (χ0) is 27.3. The van der Waals surface area contributed by atoms with Gasteiger partial charge in [-0.05, 0) is 51.0 Å². The molecule has 200 valence electrons. The molecule has 1 aliphatic rings. The van der Waals surface area contributed by atoms with Crippen molar-refractivity contribution < 1.29 is 29.0 Å². The second kappa shape index (κ2) is 11.8. The monoisotopic (exact) mass is 503 g/mol. The number of ether oxygens (including phenoxy) is 1. The molecule has 0 aromatic heterocycles. The van der Waals surface area contributed by atoms with Crippen molar-refractivity contribution in [1.82, 2.24) is 15.5 Å². The number of hydrogen-bond donors (Lipinski definition) is 3. The van der Waals surface area contributed by atoms with Crippen LogP contribution in [0.1, 0.15) is 66.9 Å². The summed E-state index contributed by atoms with van der Waals surface area (Å²) in [6.45, 7) is 13.1. The van der Waals surface area contributed by atoms with Gasteiger partial charge in [0.25, 0.3) is 0 Å². The Bertz CT molecular complexity index is 931. The van der Waals surface area contributed by atoms with Crippen molar-refractivity contribution in [2.24, 2.45) is 11.8 Å². The molecule has 3 amide bonds. The van der Waals surface area contributed by atoms with E-state index in [9.17, 15) is 24.3 Å². The Hall–Kier alpha value is -3.10. The van der Waals surface area contributed by atoms with Crippen LogP contribution < -0.4 is 10.6 Å². The first kappa shape index (κ1) is 29.1. The summed E-state index contributed by atoms with van der Waals surface area (Å²) in [5.41, 5.74) is -0.763. The van der Waals surface area contributed by atoms with E-state index in [2.05, 4.69) is 10.6 Å². The number of likely N-dealkylation sites (tertiary alicyclic amines) is 1. The third kappa shape index (κ3) is 7.21. The maximum absolute atomic E-state index is 13.9. The van der Waals surface area contributed by atoms with E-state index in [-0.39, 0.29) is 17.7 Å². The van der Waals surface area contributed by atoms with Crippen LogP contribution in [0, 0.1) is 11.8 Å². The van der Waals surface area contributed by atoms with Gasteiger partial charge in [0.05, 0.1) is 5.41 Å². The maximum Gasteiger partial charge on any atom is 0.410 e. The molecule has 2 atom stereocenters. The fraction of sp³-hybridized carbons (Fsp3) is 0.630. The van der Waals surface area contributed by atoms with E-state index >= 15 is 0 Å². The van der Waals surface area contributed by atoms with Crippen molar-refractivity contribution in [2.45, 2.75) is 84.4 Å². The van der Waals surface area contributed by atoms with Gasteiger partial charge in [-0.15, -0.1) is 0 Å². The quantitative estimate of drug-likeness (QED) is 0.500. The van der Waals surface area contributed by atoms with Crippen LogP contribution in [-0.2, 0) is 24.5 Å². The first-order chi connectivity index (χ1) is 16.7. The highest BCUT2D eigenvalue weighted by Crippen LogP contribution is 2.36. The third-order valence-electron chi connectivity index (χ3n) is 6.50. The average molecular weight is 504 g/mol. The molecule has 0 saturated carbocycles. The van der Waals surface area contributed by atoms with Gasteiger partial charge >= 0.3 is 12.1 Å². The summed E-state index contributed by atoms with van der Waals surface area (Å²) in [5, 5.41) is 15.0. The van der Waals surface area contributed by atoms with Crippen molar-refractivity contribution in [2.75, 3.05) is 13.1 Å². The molecular weight excluding hydrogens is 462 g/mol. The summed E-state index contributed by atoms with van der Waals surface area (Å²) >= 11 is 0. The van der Waals surface area contributed by atoms with E-state index in [0.717, 1.165) is 5.56 Å². The van der Waals surface area contributed by atoms with Gasteiger partial charge in [-0.1, -0.05) is 58.0 Å². The number of benzene rings is 1. The van der Waals surface area contributed by atoms with Crippen molar-refractivity contribution in [1.29, 1.82) is 0 Å². The van der Waals surface area contributed by atoms with E-state index in [1.165, 1.54) is 0 Å². The number of nitrogens with one attached hydrogen (secondary N) is 2. The lowest BCUT2D eigenvalue weighted by atomic mass is 9.71. The van der Waals surface area contributed by atoms with Crippen LogP contribution in [0.3, 0.4) is 0 Å². The molecule has 36 heavy (non-hydrogen) atoms. The van der Waals surface area contributed by atoms with Crippen LogP contribution in [0.4, 0.5) is 4.79 Å². The Labute approximate surface area is 214 Å². The molecule has 0 spiro atoms. The normalized spacial score (nSPS) is 17.3. The number of rotatable bonds is 8. The summed E-state index contributed by atoms with van der Waals surface area (Å²) in [4.78, 5) is 52.7. The van der Waals surface area contributed by atoms with Crippen LogP contribution in [0.25, 0.3) is 0 Å². The van der Waals surface area contributed by atoms with Crippen LogP contribution in [0.2, 0.25) is 0 Å². The number of carboxylic acids is 1. The summed E-state index contributed by atoms with van der Waals surface area (Å²) in [7, 11) is 0. The molecule has 0 bridgehead atoms. The number of nitrogens with zero attached hydrogens (tertiary/aromatic N) is 1. The first-order valence-corrected chi connectivity index (χ1v) is 12.6. The van der Waals surface area contributed by atoms with Crippen molar-refractivity contribution in [3.05, 3.63) is 35.9 Å². The predicted molar refractivity (Wildman–Crippen MR) is 136 cm³/mol. The van der Waals surface area contributed by atoms with E-state index in [4.69, 9.17) is 4.74 Å². The van der Waals surface area contributed by atoms with Gasteiger partial charge in [-0.2, -0.15) is 0 Å². The first-order valence-electron chi connectivity index (χ1n) is 12.6. The molecule has 1 fully saturated rings. The van der Waals surface area contributed by atoms with E-state index < -0.39 is 41.1 Å². The number of aliphatic carboxylic acids is 1. The minimum atomic E-state index is -1.12. The molecule has 9 heteroatoms. The lowest BCUT2D eigenvalue weighted by Gasteiger charge is -2.42. The van der Waals surface area contributed by atoms with Gasteiger partial charge in [-0.25, -0.2) is 9.59 Å². The largest absolute Gasteiger partial charge is 0.480 e. The number of piperidine rings is 1. The predicted octanol–water partition coefficient (Wildman–Crippen LogP) is 3.32.